The van der Waals surface area contributed by atoms with Gasteiger partial charge in [0.1, 0.15) is 34.5 Å². The van der Waals surface area contributed by atoms with Gasteiger partial charge in [0, 0.05) is 42.2 Å². The molecule has 0 bridgehead atoms. The third-order valence-corrected chi connectivity index (χ3v) is 8.98. The summed E-state index contributed by atoms with van der Waals surface area (Å²) in [6, 6.07) is 3.92. The zero-order chi connectivity index (χ0) is 36.9. The minimum absolute atomic E-state index is 0.0163. The molecular weight excluding hydrogens is 694 g/mol. The van der Waals surface area contributed by atoms with E-state index in [1.165, 1.54) is 37.8 Å². The van der Waals surface area contributed by atoms with Crippen LogP contribution in [-0.4, -0.2) is 16.1 Å². The second kappa shape index (κ2) is 15.9. The van der Waals surface area contributed by atoms with Gasteiger partial charge in [-0.25, -0.2) is 36.3 Å². The number of hydrogen-bond donors (Lipinski definition) is 0. The average Bonchev–Trinajstić information content (AvgIpc) is 3.06. The Bertz CT molecular complexity index is 1770. The number of aryl methyl sites for hydroxylation is 1. The van der Waals surface area contributed by atoms with Gasteiger partial charge in [0.25, 0.3) is 0 Å². The molecular formula is C37H34F10N2O2. The molecule has 0 spiro atoms. The summed E-state index contributed by atoms with van der Waals surface area (Å²) < 4.78 is 151. The van der Waals surface area contributed by atoms with E-state index in [-0.39, 0.29) is 35.7 Å². The summed E-state index contributed by atoms with van der Waals surface area (Å²) in [5.74, 6) is -12.0. The van der Waals surface area contributed by atoms with Crippen LogP contribution in [0.1, 0.15) is 87.3 Å². The lowest BCUT2D eigenvalue weighted by Gasteiger charge is -2.28. The summed E-state index contributed by atoms with van der Waals surface area (Å²) in [5, 5.41) is 0. The molecule has 0 radical (unpaired) electrons. The topological polar surface area (TPSA) is 44.2 Å². The lowest BCUT2D eigenvalue weighted by atomic mass is 9.77. The highest BCUT2D eigenvalue weighted by Gasteiger charge is 2.42. The normalized spacial score (nSPS) is 16.7. The number of aromatic nitrogens is 2. The van der Waals surface area contributed by atoms with E-state index in [1.54, 1.807) is 12.4 Å². The van der Waals surface area contributed by atoms with Crippen LogP contribution in [0.3, 0.4) is 0 Å². The maximum absolute atomic E-state index is 15.0. The summed E-state index contributed by atoms with van der Waals surface area (Å²) >= 11 is 0. The van der Waals surface area contributed by atoms with Crippen LogP contribution in [0.4, 0.5) is 43.9 Å². The fourth-order valence-electron chi connectivity index (χ4n) is 6.24. The van der Waals surface area contributed by atoms with Gasteiger partial charge in [-0.05, 0) is 61.1 Å². The molecule has 1 aliphatic rings. The van der Waals surface area contributed by atoms with Crippen molar-refractivity contribution in [1.29, 1.82) is 0 Å². The van der Waals surface area contributed by atoms with Crippen LogP contribution in [0.25, 0.3) is 11.4 Å². The lowest BCUT2D eigenvalue weighted by molar-refractivity contribution is -0.190. The Balaban J connectivity index is 1.18. The molecule has 0 atom stereocenters. The first kappa shape index (κ1) is 37.9. The van der Waals surface area contributed by atoms with Crippen molar-refractivity contribution in [3.05, 3.63) is 106 Å². The Morgan fingerprint density at radius 1 is 0.706 bits per heavy atom. The number of alkyl halides is 4. The van der Waals surface area contributed by atoms with Crippen LogP contribution >= 0.6 is 0 Å². The quantitative estimate of drug-likeness (QED) is 0.0737. The minimum atomic E-state index is -4.92. The van der Waals surface area contributed by atoms with Gasteiger partial charge < -0.3 is 9.47 Å². The van der Waals surface area contributed by atoms with Crippen LogP contribution in [0.2, 0.25) is 0 Å². The van der Waals surface area contributed by atoms with Crippen molar-refractivity contribution >= 4 is 0 Å². The van der Waals surface area contributed by atoms with E-state index in [0.717, 1.165) is 43.2 Å². The highest BCUT2D eigenvalue weighted by molar-refractivity contribution is 5.55. The maximum atomic E-state index is 15.0. The summed E-state index contributed by atoms with van der Waals surface area (Å²) in [4.78, 5) is 8.79. The van der Waals surface area contributed by atoms with Crippen molar-refractivity contribution in [2.24, 2.45) is 5.92 Å². The van der Waals surface area contributed by atoms with Crippen molar-refractivity contribution in [2.75, 3.05) is 0 Å². The number of halogens is 10. The third kappa shape index (κ3) is 9.50. The van der Waals surface area contributed by atoms with Gasteiger partial charge in [0.15, 0.2) is 23.3 Å². The van der Waals surface area contributed by atoms with E-state index in [2.05, 4.69) is 26.4 Å². The molecule has 1 heterocycles. The first-order chi connectivity index (χ1) is 24.2. The number of ether oxygens (including phenoxy) is 2. The fraction of sp³-hybridized carbons (Fsp3) is 0.405. The molecule has 274 valence electrons. The molecule has 0 saturated heterocycles. The van der Waals surface area contributed by atoms with Crippen molar-refractivity contribution in [1.82, 2.24) is 9.97 Å². The Morgan fingerprint density at radius 3 is 1.88 bits per heavy atom. The molecule has 0 N–H and O–H groups in total. The zero-order valence-corrected chi connectivity index (χ0v) is 27.4. The number of benzene rings is 3. The Morgan fingerprint density at radius 2 is 1.29 bits per heavy atom. The van der Waals surface area contributed by atoms with Gasteiger partial charge in [0.2, 0.25) is 0 Å². The van der Waals surface area contributed by atoms with Crippen LogP contribution in [0, 0.1) is 40.8 Å². The monoisotopic (exact) mass is 728 g/mol. The second-order valence-electron chi connectivity index (χ2n) is 12.7. The van der Waals surface area contributed by atoms with E-state index in [1.807, 2.05) is 0 Å². The smallest absolute Gasteiger partial charge is 0.432 e. The number of rotatable bonds is 14. The van der Waals surface area contributed by atoms with E-state index in [9.17, 15) is 43.9 Å². The van der Waals surface area contributed by atoms with E-state index in [4.69, 9.17) is 0 Å². The molecule has 1 fully saturated rings. The van der Waals surface area contributed by atoms with Gasteiger partial charge in [0.05, 0.1) is 6.42 Å². The molecule has 4 aromatic rings. The highest BCUT2D eigenvalue weighted by atomic mass is 19.3. The molecule has 1 aliphatic carbocycles. The standard InChI is InChI=1S/C37H34F10N2O2/c1-2-3-4-5-21-6-8-22(9-7-21)25-19-48-35(49-20-25)24-11-10-23(28(38)14-24)12-13-36(44,45)50-26-15-29(39)33(30(40)16-26)37(46,47)51-27-17-31(41)34(43)32(42)18-27/h10-11,14-22H,2-9,12-13H2,1H3. The average molecular weight is 729 g/mol. The second-order valence-corrected chi connectivity index (χ2v) is 12.7. The molecule has 1 aromatic heterocycles. The van der Waals surface area contributed by atoms with E-state index < -0.39 is 77.0 Å². The van der Waals surface area contributed by atoms with Crippen molar-refractivity contribution in [2.45, 2.75) is 89.3 Å². The predicted molar refractivity (Wildman–Crippen MR) is 167 cm³/mol. The summed E-state index contributed by atoms with van der Waals surface area (Å²) in [6.45, 7) is 2.19. The SMILES string of the molecule is CCCCCC1CCC(c2cnc(-c3ccc(CCC(F)(F)Oc4cc(F)c(C(F)(F)Oc5cc(F)c(F)c(F)c5)c(F)c4)c(F)c3)nc2)CC1. The number of hydrogen-bond acceptors (Lipinski definition) is 4. The molecule has 5 rings (SSSR count). The molecule has 1 saturated carbocycles. The van der Waals surface area contributed by atoms with Crippen LogP contribution in [0.5, 0.6) is 11.5 Å². The lowest BCUT2D eigenvalue weighted by Crippen LogP contribution is -2.27. The molecule has 0 aliphatic heterocycles. The number of unbranched alkanes of at least 4 members (excludes halogenated alkanes) is 2. The summed E-state index contributed by atoms with van der Waals surface area (Å²) in [7, 11) is 0. The molecule has 14 heteroatoms. The number of nitrogens with zero attached hydrogens (tertiary/aromatic N) is 2. The zero-order valence-electron chi connectivity index (χ0n) is 27.4. The van der Waals surface area contributed by atoms with Gasteiger partial charge >= 0.3 is 12.2 Å². The van der Waals surface area contributed by atoms with Gasteiger partial charge in [-0.2, -0.15) is 17.6 Å². The van der Waals surface area contributed by atoms with E-state index >= 15 is 0 Å². The summed E-state index contributed by atoms with van der Waals surface area (Å²) in [5.41, 5.74) is -0.885. The molecule has 0 unspecified atom stereocenters. The first-order valence-corrected chi connectivity index (χ1v) is 16.5. The Kier molecular flexibility index (Phi) is 11.8. The van der Waals surface area contributed by atoms with Crippen molar-refractivity contribution < 1.29 is 53.4 Å². The van der Waals surface area contributed by atoms with Crippen LogP contribution < -0.4 is 9.47 Å². The van der Waals surface area contributed by atoms with Crippen LogP contribution in [-0.2, 0) is 12.5 Å². The Hall–Kier alpha value is -4.36. The largest absolute Gasteiger partial charge is 0.432 e. The summed E-state index contributed by atoms with van der Waals surface area (Å²) in [6.07, 6.45) is 2.07. The third-order valence-electron chi connectivity index (χ3n) is 8.98. The molecule has 51 heavy (non-hydrogen) atoms. The molecule has 0 amide bonds. The Labute approximate surface area is 287 Å². The van der Waals surface area contributed by atoms with Gasteiger partial charge in [-0.1, -0.05) is 44.7 Å². The minimum Gasteiger partial charge on any atom is -0.432 e. The van der Waals surface area contributed by atoms with E-state index in [0.29, 0.717) is 11.5 Å². The van der Waals surface area contributed by atoms with Gasteiger partial charge in [-0.15, -0.1) is 0 Å². The molecule has 3 aromatic carbocycles. The molecule has 4 nitrogen and oxygen atoms in total. The van der Waals surface area contributed by atoms with Crippen molar-refractivity contribution in [3.63, 3.8) is 0 Å². The van der Waals surface area contributed by atoms with Gasteiger partial charge in [-0.3, -0.25) is 0 Å². The highest BCUT2D eigenvalue weighted by Crippen LogP contribution is 2.40. The first-order valence-electron chi connectivity index (χ1n) is 16.5. The van der Waals surface area contributed by atoms with Crippen LogP contribution in [0.15, 0.2) is 54.9 Å². The maximum Gasteiger partial charge on any atom is 0.432 e. The predicted octanol–water partition coefficient (Wildman–Crippen LogP) is 11.6. The fourth-order valence-corrected chi connectivity index (χ4v) is 6.24. The van der Waals surface area contributed by atoms with Crippen molar-refractivity contribution in [3.8, 4) is 22.9 Å².